The molecule has 0 aromatic heterocycles. The summed E-state index contributed by atoms with van der Waals surface area (Å²) in [4.78, 5) is 7.75. The van der Waals surface area contributed by atoms with Crippen LogP contribution in [0, 0.1) is 0 Å². The van der Waals surface area contributed by atoms with Gasteiger partial charge in [-0.2, -0.15) is 4.99 Å². The van der Waals surface area contributed by atoms with E-state index >= 15 is 0 Å². The van der Waals surface area contributed by atoms with Crippen molar-refractivity contribution < 1.29 is 4.74 Å². The number of hydrazine groups is 1. The van der Waals surface area contributed by atoms with Crippen LogP contribution in [0.15, 0.2) is 9.98 Å². The molecule has 5 nitrogen and oxygen atoms in total. The highest BCUT2D eigenvalue weighted by atomic mass is 35.5. The fourth-order valence-corrected chi connectivity index (χ4v) is 2.31. The first kappa shape index (κ1) is 11.4. The first-order valence-electron chi connectivity index (χ1n) is 4.42. The van der Waals surface area contributed by atoms with Gasteiger partial charge in [0.05, 0.1) is 13.2 Å². The third-order valence-corrected chi connectivity index (χ3v) is 2.80. The number of hydrogen-bond donors (Lipinski definition) is 0. The van der Waals surface area contributed by atoms with Crippen molar-refractivity contribution in [3.05, 3.63) is 0 Å². The monoisotopic (exact) mass is 270 g/mol. The second kappa shape index (κ2) is 4.84. The van der Waals surface area contributed by atoms with E-state index in [1.165, 1.54) is 0 Å². The zero-order chi connectivity index (χ0) is 10.8. The Balaban J connectivity index is 2.11. The van der Waals surface area contributed by atoms with E-state index in [0.29, 0.717) is 26.3 Å². The molecule has 8 heteroatoms. The van der Waals surface area contributed by atoms with Crippen LogP contribution in [-0.4, -0.2) is 52.5 Å². The maximum Gasteiger partial charge on any atom is 0.223 e. The van der Waals surface area contributed by atoms with Crippen LogP contribution in [0.1, 0.15) is 0 Å². The second-order valence-corrected chi connectivity index (χ2v) is 4.07. The van der Waals surface area contributed by atoms with Gasteiger partial charge in [0.2, 0.25) is 16.2 Å². The molecule has 0 saturated carbocycles. The van der Waals surface area contributed by atoms with Crippen LogP contribution in [0.25, 0.3) is 0 Å². The van der Waals surface area contributed by atoms with Gasteiger partial charge in [-0.1, -0.05) is 11.6 Å². The van der Waals surface area contributed by atoms with E-state index in [9.17, 15) is 0 Å². The van der Waals surface area contributed by atoms with Gasteiger partial charge in [0.1, 0.15) is 0 Å². The molecule has 2 heterocycles. The zero-order valence-corrected chi connectivity index (χ0v) is 10.0. The number of amidine groups is 2. The van der Waals surface area contributed by atoms with Crippen molar-refractivity contribution in [3.63, 3.8) is 0 Å². The maximum absolute atomic E-state index is 6.01. The minimum Gasteiger partial charge on any atom is -0.379 e. The quantitative estimate of drug-likeness (QED) is 0.532. The summed E-state index contributed by atoms with van der Waals surface area (Å²) in [6.45, 7) is 2.70. The Kier molecular flexibility index (Phi) is 3.69. The number of nitrogens with zero attached hydrogens (tertiary/aromatic N) is 4. The lowest BCUT2D eigenvalue weighted by atomic mass is 10.5. The number of halogens is 3. The molecule has 0 N–H and O–H groups in total. The molecule has 84 valence electrons. The smallest absolute Gasteiger partial charge is 0.223 e. The van der Waals surface area contributed by atoms with Crippen molar-refractivity contribution in [2.24, 2.45) is 9.98 Å². The van der Waals surface area contributed by atoms with Gasteiger partial charge >= 0.3 is 0 Å². The molecular weight excluding hydrogens is 262 g/mol. The molecular formula is C7H9Cl3N4O. The fraction of sp³-hybridized carbons (Fsp3) is 0.714. The van der Waals surface area contributed by atoms with Crippen LogP contribution in [0.4, 0.5) is 0 Å². The lowest BCUT2D eigenvalue weighted by Gasteiger charge is -2.39. The molecule has 0 bridgehead atoms. The van der Waals surface area contributed by atoms with E-state index in [2.05, 4.69) is 9.98 Å². The van der Waals surface area contributed by atoms with Crippen LogP contribution in [0.5, 0.6) is 0 Å². The molecule has 0 aromatic carbocycles. The molecule has 2 aliphatic rings. The Hall–Kier alpha value is -0.0700. The number of rotatable bonds is 1. The summed E-state index contributed by atoms with van der Waals surface area (Å²) in [5.41, 5.74) is -0.638. The van der Waals surface area contributed by atoms with E-state index in [1.54, 1.807) is 5.01 Å². The lowest BCUT2D eigenvalue weighted by Crippen LogP contribution is -2.54. The van der Waals surface area contributed by atoms with Crippen molar-refractivity contribution in [2.45, 2.75) is 5.62 Å². The highest BCUT2D eigenvalue weighted by molar-refractivity contribution is 6.71. The van der Waals surface area contributed by atoms with Crippen molar-refractivity contribution in [2.75, 3.05) is 26.3 Å². The Morgan fingerprint density at radius 3 is 2.53 bits per heavy atom. The average molecular weight is 272 g/mol. The van der Waals surface area contributed by atoms with E-state index in [-0.39, 0.29) is 10.6 Å². The predicted molar refractivity (Wildman–Crippen MR) is 60.4 cm³/mol. The van der Waals surface area contributed by atoms with Crippen LogP contribution < -0.4 is 0 Å². The molecule has 0 spiro atoms. The number of ether oxygens (including phenoxy) is 1. The number of morpholine rings is 1. The number of aliphatic imine (C=N–C) groups is 2. The van der Waals surface area contributed by atoms with Gasteiger partial charge in [-0.05, 0) is 23.2 Å². The van der Waals surface area contributed by atoms with Crippen LogP contribution in [0.3, 0.4) is 0 Å². The third kappa shape index (κ3) is 2.54. The SMILES string of the molecule is ClC1=NC(Cl)N(N2CCOCC2)C(Cl)=N1. The van der Waals surface area contributed by atoms with Crippen molar-refractivity contribution in [1.29, 1.82) is 0 Å². The van der Waals surface area contributed by atoms with Crippen LogP contribution in [0.2, 0.25) is 0 Å². The highest BCUT2D eigenvalue weighted by Gasteiger charge is 2.29. The zero-order valence-electron chi connectivity index (χ0n) is 7.74. The van der Waals surface area contributed by atoms with Crippen molar-refractivity contribution >= 4 is 45.4 Å². The highest BCUT2D eigenvalue weighted by Crippen LogP contribution is 2.20. The molecule has 0 amide bonds. The standard InChI is InChI=1S/C7H9Cl3N4O/c8-5-11-6(9)14(7(10)12-5)13-1-3-15-4-2-13/h6H,1-4H2. The normalized spacial score (nSPS) is 28.7. The second-order valence-electron chi connectivity index (χ2n) is 3.00. The molecule has 1 unspecified atom stereocenters. The first-order valence-corrected chi connectivity index (χ1v) is 5.61. The molecule has 15 heavy (non-hydrogen) atoms. The molecule has 0 radical (unpaired) electrons. The minimum atomic E-state index is -0.638. The van der Waals surface area contributed by atoms with E-state index < -0.39 is 5.62 Å². The topological polar surface area (TPSA) is 40.4 Å². The van der Waals surface area contributed by atoms with Crippen LogP contribution in [-0.2, 0) is 4.74 Å². The number of hydrogen-bond acceptors (Lipinski definition) is 5. The van der Waals surface area contributed by atoms with Gasteiger partial charge < -0.3 is 4.74 Å². The molecule has 2 rings (SSSR count). The molecule has 2 aliphatic heterocycles. The molecule has 0 aliphatic carbocycles. The first-order chi connectivity index (χ1) is 7.18. The van der Waals surface area contributed by atoms with Crippen molar-refractivity contribution in [3.8, 4) is 0 Å². The van der Waals surface area contributed by atoms with Crippen molar-refractivity contribution in [1.82, 2.24) is 10.0 Å². The van der Waals surface area contributed by atoms with Gasteiger partial charge in [-0.15, -0.1) is 0 Å². The van der Waals surface area contributed by atoms with Gasteiger partial charge in [0.15, 0.2) is 0 Å². The molecule has 0 aromatic rings. The summed E-state index contributed by atoms with van der Waals surface area (Å²) in [5, 5.41) is 3.86. The molecule has 1 atom stereocenters. The van der Waals surface area contributed by atoms with Gasteiger partial charge in [-0.25, -0.2) is 15.0 Å². The summed E-state index contributed by atoms with van der Waals surface area (Å²) in [7, 11) is 0. The largest absolute Gasteiger partial charge is 0.379 e. The summed E-state index contributed by atoms with van der Waals surface area (Å²) >= 11 is 17.6. The van der Waals surface area contributed by atoms with E-state index in [4.69, 9.17) is 39.5 Å². The Bertz CT molecular complexity index is 303. The summed E-state index contributed by atoms with van der Waals surface area (Å²) < 4.78 is 5.23. The molecule has 1 saturated heterocycles. The Labute approximate surface area is 102 Å². The summed E-state index contributed by atoms with van der Waals surface area (Å²) in [6.07, 6.45) is 0. The van der Waals surface area contributed by atoms with Gasteiger partial charge in [-0.3, -0.25) is 0 Å². The van der Waals surface area contributed by atoms with Gasteiger partial charge in [0.25, 0.3) is 0 Å². The van der Waals surface area contributed by atoms with E-state index in [1.807, 2.05) is 5.01 Å². The Morgan fingerprint density at radius 2 is 1.93 bits per heavy atom. The van der Waals surface area contributed by atoms with Gasteiger partial charge in [0, 0.05) is 13.1 Å². The minimum absolute atomic E-state index is 0.0736. The lowest BCUT2D eigenvalue weighted by molar-refractivity contribution is -0.0542. The maximum atomic E-state index is 6.01. The predicted octanol–water partition coefficient (Wildman–Crippen LogP) is 1.26. The average Bonchev–Trinajstić information content (AvgIpc) is 2.17. The van der Waals surface area contributed by atoms with Crippen LogP contribution >= 0.6 is 34.8 Å². The fourth-order valence-electron chi connectivity index (χ4n) is 1.41. The molecule has 1 fully saturated rings. The Morgan fingerprint density at radius 1 is 1.27 bits per heavy atom. The third-order valence-electron chi connectivity index (χ3n) is 2.08. The summed E-state index contributed by atoms with van der Waals surface area (Å²) in [6, 6.07) is 0. The number of alkyl halides is 1. The summed E-state index contributed by atoms with van der Waals surface area (Å²) in [5.74, 6) is 0. The van der Waals surface area contributed by atoms with E-state index in [0.717, 1.165) is 0 Å².